The van der Waals surface area contributed by atoms with E-state index < -0.39 is 4.92 Å². The van der Waals surface area contributed by atoms with Gasteiger partial charge in [-0.15, -0.1) is 0 Å². The van der Waals surface area contributed by atoms with Crippen LogP contribution in [0.15, 0.2) is 47.6 Å². The molecule has 0 fully saturated rings. The Balaban J connectivity index is 1.59. The van der Waals surface area contributed by atoms with Crippen LogP contribution in [-0.4, -0.2) is 24.4 Å². The number of non-ortho nitro benzene ring substituents is 1. The average Bonchev–Trinajstić information content (AvgIpc) is 2.59. The molecule has 0 aliphatic carbocycles. The van der Waals surface area contributed by atoms with Crippen molar-refractivity contribution < 1.29 is 19.2 Å². The Labute approximate surface area is 132 Å². The van der Waals surface area contributed by atoms with E-state index in [1.54, 1.807) is 18.3 Å². The lowest BCUT2D eigenvalue weighted by atomic mass is 10.2. The number of rotatable bonds is 5. The molecule has 7 heteroatoms. The van der Waals surface area contributed by atoms with Gasteiger partial charge in [0.2, 0.25) is 0 Å². The number of hydrogen-bond donors (Lipinski definition) is 0. The van der Waals surface area contributed by atoms with Gasteiger partial charge in [0.1, 0.15) is 19.8 Å². The summed E-state index contributed by atoms with van der Waals surface area (Å²) in [5.41, 5.74) is 1.52. The largest absolute Gasteiger partial charge is 0.486 e. The van der Waals surface area contributed by atoms with Gasteiger partial charge < -0.3 is 14.3 Å². The molecule has 1 aliphatic heterocycles. The topological polar surface area (TPSA) is 83.2 Å². The fraction of sp³-hybridized carbons (Fsp3) is 0.188. The van der Waals surface area contributed by atoms with Gasteiger partial charge in [0.15, 0.2) is 11.5 Å². The number of ether oxygens (including phenoxy) is 2. The molecule has 0 aromatic heterocycles. The third kappa shape index (κ3) is 3.76. The monoisotopic (exact) mass is 314 g/mol. The average molecular weight is 314 g/mol. The highest BCUT2D eigenvalue weighted by Gasteiger charge is 2.11. The van der Waals surface area contributed by atoms with Crippen molar-refractivity contribution in [1.29, 1.82) is 0 Å². The minimum Gasteiger partial charge on any atom is -0.486 e. The van der Waals surface area contributed by atoms with E-state index in [0.717, 1.165) is 5.56 Å². The number of oxime groups is 1. The van der Waals surface area contributed by atoms with Gasteiger partial charge in [-0.05, 0) is 23.8 Å². The van der Waals surface area contributed by atoms with Crippen LogP contribution in [0.1, 0.15) is 11.1 Å². The standard InChI is InChI=1S/C16H14N2O5/c19-18(20)14-3-1-2-13(8-14)11-23-17-10-12-4-5-15-16(9-12)22-7-6-21-15/h1-5,8-10H,6-7,11H2/b17-10-. The fourth-order valence-corrected chi connectivity index (χ4v) is 2.11. The van der Waals surface area contributed by atoms with E-state index in [2.05, 4.69) is 5.16 Å². The summed E-state index contributed by atoms with van der Waals surface area (Å²) in [6.45, 7) is 1.23. The van der Waals surface area contributed by atoms with E-state index in [4.69, 9.17) is 14.3 Å². The second kappa shape index (κ2) is 6.78. The van der Waals surface area contributed by atoms with Crippen molar-refractivity contribution in [2.45, 2.75) is 6.61 Å². The predicted octanol–water partition coefficient (Wildman–Crippen LogP) is 2.92. The maximum atomic E-state index is 10.7. The third-order valence-electron chi connectivity index (χ3n) is 3.20. The summed E-state index contributed by atoms with van der Waals surface area (Å²) in [6.07, 6.45) is 1.55. The first-order valence-corrected chi connectivity index (χ1v) is 7.01. The van der Waals surface area contributed by atoms with Gasteiger partial charge in [0.05, 0.1) is 11.1 Å². The molecule has 0 unspecified atom stereocenters. The molecule has 2 aromatic carbocycles. The first-order valence-electron chi connectivity index (χ1n) is 7.01. The van der Waals surface area contributed by atoms with Gasteiger partial charge in [0, 0.05) is 17.7 Å². The fourth-order valence-electron chi connectivity index (χ4n) is 2.11. The number of benzene rings is 2. The molecule has 0 saturated heterocycles. The minimum absolute atomic E-state index is 0.0296. The molecule has 0 bridgehead atoms. The van der Waals surface area contributed by atoms with Gasteiger partial charge in [-0.1, -0.05) is 17.3 Å². The lowest BCUT2D eigenvalue weighted by Crippen LogP contribution is -2.15. The number of nitrogens with zero attached hydrogens (tertiary/aromatic N) is 2. The normalized spacial score (nSPS) is 13.0. The summed E-state index contributed by atoms with van der Waals surface area (Å²) in [5, 5.41) is 14.6. The zero-order valence-corrected chi connectivity index (χ0v) is 12.2. The van der Waals surface area contributed by atoms with Crippen LogP contribution in [0, 0.1) is 10.1 Å². The van der Waals surface area contributed by atoms with Crippen molar-refractivity contribution in [3.63, 3.8) is 0 Å². The molecular weight excluding hydrogens is 300 g/mol. The second-order valence-corrected chi connectivity index (χ2v) is 4.84. The van der Waals surface area contributed by atoms with Crippen LogP contribution in [0.3, 0.4) is 0 Å². The lowest BCUT2D eigenvalue weighted by Gasteiger charge is -2.18. The summed E-state index contributed by atoms with van der Waals surface area (Å²) in [6, 6.07) is 11.7. The summed E-state index contributed by atoms with van der Waals surface area (Å²) in [4.78, 5) is 15.4. The minimum atomic E-state index is -0.443. The van der Waals surface area contributed by atoms with Crippen molar-refractivity contribution in [2.75, 3.05) is 13.2 Å². The third-order valence-corrected chi connectivity index (χ3v) is 3.20. The Morgan fingerprint density at radius 2 is 2.00 bits per heavy atom. The van der Waals surface area contributed by atoms with E-state index in [1.165, 1.54) is 12.1 Å². The molecule has 0 spiro atoms. The summed E-state index contributed by atoms with van der Waals surface area (Å²) in [7, 11) is 0. The zero-order valence-electron chi connectivity index (χ0n) is 12.2. The molecule has 0 radical (unpaired) electrons. The predicted molar refractivity (Wildman–Crippen MR) is 82.9 cm³/mol. The SMILES string of the molecule is O=[N+]([O-])c1cccc(CO/N=C\c2ccc3c(c2)OCCO3)c1. The highest BCUT2D eigenvalue weighted by molar-refractivity contribution is 5.80. The Bertz CT molecular complexity index is 745. The molecule has 23 heavy (non-hydrogen) atoms. The first-order chi connectivity index (χ1) is 11.2. The van der Waals surface area contributed by atoms with Crippen molar-refractivity contribution in [2.24, 2.45) is 5.16 Å². The van der Waals surface area contributed by atoms with Crippen molar-refractivity contribution in [3.05, 3.63) is 63.7 Å². The molecule has 2 aromatic rings. The highest BCUT2D eigenvalue weighted by Crippen LogP contribution is 2.30. The number of nitro groups is 1. The molecule has 0 amide bonds. The quantitative estimate of drug-likeness (QED) is 0.481. The molecule has 0 atom stereocenters. The molecule has 118 valence electrons. The Kier molecular flexibility index (Phi) is 4.37. The second-order valence-electron chi connectivity index (χ2n) is 4.84. The van der Waals surface area contributed by atoms with E-state index in [1.807, 2.05) is 18.2 Å². The Morgan fingerprint density at radius 1 is 1.17 bits per heavy atom. The van der Waals surface area contributed by atoms with E-state index in [0.29, 0.717) is 30.3 Å². The van der Waals surface area contributed by atoms with E-state index in [9.17, 15) is 10.1 Å². The number of hydrogen-bond acceptors (Lipinski definition) is 6. The Hall–Kier alpha value is -3.09. The van der Waals surface area contributed by atoms with Crippen LogP contribution in [0.5, 0.6) is 11.5 Å². The molecule has 3 rings (SSSR count). The Morgan fingerprint density at radius 3 is 2.83 bits per heavy atom. The van der Waals surface area contributed by atoms with Crippen LogP contribution in [0.2, 0.25) is 0 Å². The maximum Gasteiger partial charge on any atom is 0.269 e. The highest BCUT2D eigenvalue weighted by atomic mass is 16.6. The molecule has 1 heterocycles. The molecular formula is C16H14N2O5. The van der Waals surface area contributed by atoms with Gasteiger partial charge >= 0.3 is 0 Å². The van der Waals surface area contributed by atoms with Crippen molar-refractivity contribution in [1.82, 2.24) is 0 Å². The molecule has 0 N–H and O–H groups in total. The maximum absolute atomic E-state index is 10.7. The molecule has 1 aliphatic rings. The summed E-state index contributed by atoms with van der Waals surface area (Å²) in [5.74, 6) is 1.39. The summed E-state index contributed by atoms with van der Waals surface area (Å²) >= 11 is 0. The van der Waals surface area contributed by atoms with Crippen LogP contribution in [0.25, 0.3) is 0 Å². The number of fused-ring (bicyclic) bond motifs is 1. The molecule has 7 nitrogen and oxygen atoms in total. The van der Waals surface area contributed by atoms with Crippen molar-refractivity contribution in [3.8, 4) is 11.5 Å². The van der Waals surface area contributed by atoms with Crippen LogP contribution in [0.4, 0.5) is 5.69 Å². The molecule has 0 saturated carbocycles. The van der Waals surface area contributed by atoms with E-state index >= 15 is 0 Å². The van der Waals surface area contributed by atoms with Crippen LogP contribution < -0.4 is 9.47 Å². The van der Waals surface area contributed by atoms with Gasteiger partial charge in [-0.3, -0.25) is 10.1 Å². The van der Waals surface area contributed by atoms with Crippen LogP contribution in [-0.2, 0) is 11.4 Å². The first kappa shape index (κ1) is 14.8. The lowest BCUT2D eigenvalue weighted by molar-refractivity contribution is -0.384. The smallest absolute Gasteiger partial charge is 0.269 e. The summed E-state index contributed by atoms with van der Waals surface area (Å²) < 4.78 is 10.9. The van der Waals surface area contributed by atoms with Crippen molar-refractivity contribution >= 4 is 11.9 Å². The number of nitro benzene ring substituents is 1. The van der Waals surface area contributed by atoms with Crippen LogP contribution >= 0.6 is 0 Å². The van der Waals surface area contributed by atoms with E-state index in [-0.39, 0.29) is 12.3 Å². The van der Waals surface area contributed by atoms with Gasteiger partial charge in [0.25, 0.3) is 5.69 Å². The van der Waals surface area contributed by atoms with Gasteiger partial charge in [-0.25, -0.2) is 0 Å². The van der Waals surface area contributed by atoms with Gasteiger partial charge in [-0.2, -0.15) is 0 Å². The zero-order chi connectivity index (χ0) is 16.1.